The topological polar surface area (TPSA) is 70.6 Å². The van der Waals surface area contributed by atoms with Crippen molar-refractivity contribution in [3.63, 3.8) is 0 Å². The zero-order valence-corrected chi connectivity index (χ0v) is 12.2. The quantitative estimate of drug-likeness (QED) is 0.663. The van der Waals surface area contributed by atoms with Crippen LogP contribution in [-0.2, 0) is 4.74 Å². The maximum absolute atomic E-state index is 11.6. The van der Waals surface area contributed by atoms with Crippen LogP contribution in [0.15, 0.2) is 11.8 Å². The van der Waals surface area contributed by atoms with E-state index in [4.69, 9.17) is 9.94 Å². The van der Waals surface area contributed by atoms with Gasteiger partial charge in [-0.2, -0.15) is 0 Å². The Kier molecular flexibility index (Phi) is 6.94. The molecule has 3 N–H and O–H groups in total. The minimum absolute atomic E-state index is 0.0769. The molecule has 0 radical (unpaired) electrons. The molecule has 1 amide bonds. The average molecular weight is 258 g/mol. The Labute approximate surface area is 110 Å². The highest BCUT2D eigenvalue weighted by atomic mass is 16.6. The van der Waals surface area contributed by atoms with Crippen molar-refractivity contribution in [3.8, 4) is 0 Å². The van der Waals surface area contributed by atoms with Crippen molar-refractivity contribution in [2.75, 3.05) is 0 Å². The molecule has 106 valence electrons. The fourth-order valence-electron chi connectivity index (χ4n) is 1.26. The van der Waals surface area contributed by atoms with Crippen molar-refractivity contribution in [2.45, 2.75) is 59.6 Å². The molecule has 18 heavy (non-hydrogen) atoms. The van der Waals surface area contributed by atoms with E-state index in [0.29, 0.717) is 6.42 Å². The molecule has 0 bridgehead atoms. The van der Waals surface area contributed by atoms with E-state index < -0.39 is 11.7 Å². The third kappa shape index (κ3) is 7.29. The number of carbonyl (C=O) groups is 1. The van der Waals surface area contributed by atoms with Gasteiger partial charge in [-0.15, -0.1) is 0 Å². The van der Waals surface area contributed by atoms with Crippen LogP contribution in [-0.4, -0.2) is 22.9 Å². The van der Waals surface area contributed by atoms with Crippen LogP contribution in [0.1, 0.15) is 48.0 Å². The minimum Gasteiger partial charge on any atom is -0.444 e. The summed E-state index contributed by atoms with van der Waals surface area (Å²) in [7, 11) is 0. The lowest BCUT2D eigenvalue weighted by Crippen LogP contribution is -2.33. The standard InChI is InChI=1S/C13H26N2O3/c1-7-11(8-9(2)10(3)15-17)14-12(16)18-13(4,5)6/h8-10,15,17H,7H2,1-6H3,(H,14,16)/b11-8+. The molecule has 0 aromatic rings. The number of allylic oxidation sites excluding steroid dienone is 1. The highest BCUT2D eigenvalue weighted by molar-refractivity contribution is 5.69. The van der Waals surface area contributed by atoms with Crippen LogP contribution < -0.4 is 10.8 Å². The van der Waals surface area contributed by atoms with Crippen LogP contribution in [0, 0.1) is 5.92 Å². The molecule has 5 nitrogen and oxygen atoms in total. The third-order valence-electron chi connectivity index (χ3n) is 2.50. The van der Waals surface area contributed by atoms with Gasteiger partial charge in [-0.05, 0) is 40.0 Å². The van der Waals surface area contributed by atoms with E-state index >= 15 is 0 Å². The Morgan fingerprint density at radius 1 is 1.39 bits per heavy atom. The number of hydrogen-bond acceptors (Lipinski definition) is 4. The molecule has 5 heteroatoms. The molecule has 0 saturated carbocycles. The Bertz CT molecular complexity index is 295. The van der Waals surface area contributed by atoms with Gasteiger partial charge in [0.15, 0.2) is 0 Å². The smallest absolute Gasteiger partial charge is 0.411 e. The Balaban J connectivity index is 4.51. The van der Waals surface area contributed by atoms with Crippen LogP contribution in [0.25, 0.3) is 0 Å². The Morgan fingerprint density at radius 2 is 1.94 bits per heavy atom. The van der Waals surface area contributed by atoms with Gasteiger partial charge >= 0.3 is 6.09 Å². The molecule has 0 aliphatic carbocycles. The second-order valence-corrected chi connectivity index (χ2v) is 5.45. The molecule has 0 saturated heterocycles. The average Bonchev–Trinajstić information content (AvgIpc) is 2.24. The molecule has 0 heterocycles. The fraction of sp³-hybridized carbons (Fsp3) is 0.769. The Hall–Kier alpha value is -1.07. The summed E-state index contributed by atoms with van der Waals surface area (Å²) >= 11 is 0. The van der Waals surface area contributed by atoms with Crippen molar-refractivity contribution in [1.82, 2.24) is 10.8 Å². The minimum atomic E-state index is -0.505. The van der Waals surface area contributed by atoms with Crippen LogP contribution in [0.5, 0.6) is 0 Å². The lowest BCUT2D eigenvalue weighted by molar-refractivity contribution is 0.0544. The van der Waals surface area contributed by atoms with Crippen molar-refractivity contribution in [2.24, 2.45) is 5.92 Å². The van der Waals surface area contributed by atoms with Crippen molar-refractivity contribution in [1.29, 1.82) is 0 Å². The number of carbonyl (C=O) groups excluding carboxylic acids is 1. The number of amides is 1. The summed E-state index contributed by atoms with van der Waals surface area (Å²) in [6.07, 6.45) is 2.16. The van der Waals surface area contributed by atoms with E-state index in [9.17, 15) is 4.79 Å². The number of rotatable bonds is 5. The van der Waals surface area contributed by atoms with Gasteiger partial charge in [-0.25, -0.2) is 10.3 Å². The number of ether oxygens (including phenoxy) is 1. The molecule has 2 atom stereocenters. The molecule has 0 aromatic carbocycles. The van der Waals surface area contributed by atoms with Crippen molar-refractivity contribution < 1.29 is 14.7 Å². The summed E-state index contributed by atoms with van der Waals surface area (Å²) in [6, 6.07) is -0.0769. The van der Waals surface area contributed by atoms with Gasteiger partial charge < -0.3 is 9.94 Å². The van der Waals surface area contributed by atoms with Gasteiger partial charge in [0.25, 0.3) is 0 Å². The first-order valence-corrected chi connectivity index (χ1v) is 6.30. The SMILES string of the molecule is CC/C(=C\C(C)C(C)NO)NC(=O)OC(C)(C)C. The second kappa shape index (κ2) is 7.38. The number of alkyl carbamates (subject to hydrolysis) is 1. The number of hydrogen-bond donors (Lipinski definition) is 3. The second-order valence-electron chi connectivity index (χ2n) is 5.45. The molecular formula is C13H26N2O3. The van der Waals surface area contributed by atoms with Gasteiger partial charge in [0.1, 0.15) is 5.60 Å². The number of nitrogens with one attached hydrogen (secondary N) is 2. The highest BCUT2D eigenvalue weighted by Crippen LogP contribution is 2.11. The first-order chi connectivity index (χ1) is 8.19. The summed E-state index contributed by atoms with van der Waals surface area (Å²) in [5.74, 6) is 0.0971. The summed E-state index contributed by atoms with van der Waals surface area (Å²) in [6.45, 7) is 11.2. The third-order valence-corrected chi connectivity index (χ3v) is 2.50. The van der Waals surface area contributed by atoms with Crippen molar-refractivity contribution >= 4 is 6.09 Å². The largest absolute Gasteiger partial charge is 0.444 e. The van der Waals surface area contributed by atoms with Crippen molar-refractivity contribution in [3.05, 3.63) is 11.8 Å². The summed E-state index contributed by atoms with van der Waals surface area (Å²) in [5.41, 5.74) is 2.48. The molecule has 0 fully saturated rings. The fourth-order valence-corrected chi connectivity index (χ4v) is 1.26. The van der Waals surface area contributed by atoms with Gasteiger partial charge in [0.05, 0.1) is 0 Å². The molecule has 2 unspecified atom stereocenters. The van der Waals surface area contributed by atoms with Crippen LogP contribution in [0.2, 0.25) is 0 Å². The van der Waals surface area contributed by atoms with Crippen LogP contribution >= 0.6 is 0 Å². The molecule has 0 aromatic heterocycles. The van der Waals surface area contributed by atoms with E-state index in [1.54, 1.807) is 0 Å². The number of hydroxylamine groups is 1. The maximum atomic E-state index is 11.6. The summed E-state index contributed by atoms with van der Waals surface area (Å²) in [5, 5.41) is 11.6. The zero-order chi connectivity index (χ0) is 14.3. The highest BCUT2D eigenvalue weighted by Gasteiger charge is 2.17. The van der Waals surface area contributed by atoms with E-state index in [1.807, 2.05) is 47.6 Å². The van der Waals surface area contributed by atoms with Crippen LogP contribution in [0.4, 0.5) is 4.79 Å². The van der Waals surface area contributed by atoms with Gasteiger partial charge in [0, 0.05) is 11.7 Å². The van der Waals surface area contributed by atoms with Crippen LogP contribution in [0.3, 0.4) is 0 Å². The molecule has 0 aliphatic heterocycles. The lowest BCUT2D eigenvalue weighted by atomic mass is 10.0. The van der Waals surface area contributed by atoms with Gasteiger partial charge in [-0.3, -0.25) is 5.32 Å². The first-order valence-electron chi connectivity index (χ1n) is 6.30. The summed E-state index contributed by atoms with van der Waals surface area (Å²) < 4.78 is 5.18. The monoisotopic (exact) mass is 258 g/mol. The Morgan fingerprint density at radius 3 is 2.33 bits per heavy atom. The normalized spacial score (nSPS) is 16.1. The van der Waals surface area contributed by atoms with E-state index in [0.717, 1.165) is 5.70 Å². The first kappa shape index (κ1) is 16.9. The summed E-state index contributed by atoms with van der Waals surface area (Å²) in [4.78, 5) is 11.6. The predicted molar refractivity (Wildman–Crippen MR) is 71.3 cm³/mol. The van der Waals surface area contributed by atoms with E-state index in [1.165, 1.54) is 0 Å². The zero-order valence-electron chi connectivity index (χ0n) is 12.2. The molecule has 0 spiro atoms. The molecular weight excluding hydrogens is 232 g/mol. The lowest BCUT2D eigenvalue weighted by Gasteiger charge is -2.21. The maximum Gasteiger partial charge on any atom is 0.411 e. The molecule has 0 aliphatic rings. The van der Waals surface area contributed by atoms with Gasteiger partial charge in [0.2, 0.25) is 0 Å². The molecule has 0 rings (SSSR count). The van der Waals surface area contributed by atoms with E-state index in [2.05, 4.69) is 10.8 Å². The predicted octanol–water partition coefficient (Wildman–Crippen LogP) is 2.81. The van der Waals surface area contributed by atoms with E-state index in [-0.39, 0.29) is 12.0 Å². The van der Waals surface area contributed by atoms with Gasteiger partial charge in [-0.1, -0.05) is 19.9 Å².